The minimum Gasteiger partial charge on any atom is -0.392 e. The van der Waals surface area contributed by atoms with Crippen LogP contribution in [0.15, 0.2) is 36.5 Å². The number of hydrogen-bond donors (Lipinski definition) is 3. The summed E-state index contributed by atoms with van der Waals surface area (Å²) in [6.45, 7) is 40.4. The van der Waals surface area contributed by atoms with Gasteiger partial charge in [0.05, 0.1) is 62.1 Å². The molecule has 22 heteroatoms. The molecule has 3 aliphatic heterocycles. The number of carbonyl (C=O) groups is 11. The predicted molar refractivity (Wildman–Crippen MR) is 412 cm³/mol. The number of aliphatic hydroxyl groups excluding tert-OH is 1. The molecule has 0 aromatic rings. The molecule has 0 aromatic carbocycles. The predicted octanol–water partition coefficient (Wildman–Crippen LogP) is 10.2. The summed E-state index contributed by atoms with van der Waals surface area (Å²) in [5.74, 6) is -11.0. The van der Waals surface area contributed by atoms with Crippen LogP contribution in [0.3, 0.4) is 0 Å². The summed E-state index contributed by atoms with van der Waals surface area (Å²) < 4.78 is 11.7. The molecule has 3 rings (SSSR count). The monoisotopic (exact) mass is 1460 g/mol. The third kappa shape index (κ3) is 32.3. The van der Waals surface area contributed by atoms with Crippen LogP contribution in [-0.4, -0.2) is 235 Å². The fourth-order valence-corrected chi connectivity index (χ4v) is 14.3. The number of likely N-dealkylation sites (tertiary alicyclic amines) is 1. The van der Waals surface area contributed by atoms with E-state index in [-0.39, 0.29) is 82.1 Å². The number of hydrogen-bond acceptors (Lipinski definition) is 16. The van der Waals surface area contributed by atoms with E-state index in [2.05, 4.69) is 46.4 Å². The first-order valence-electron chi connectivity index (χ1n) is 39.3. The maximum Gasteiger partial charge on any atom is 0.245 e. The molecule has 0 unspecified atom stereocenters. The van der Waals surface area contributed by atoms with E-state index in [0.29, 0.717) is 26.2 Å². The summed E-state index contributed by atoms with van der Waals surface area (Å²) in [6.07, 6.45) is 14.3. The molecule has 104 heavy (non-hydrogen) atoms. The zero-order valence-electron chi connectivity index (χ0n) is 68.3. The Bertz CT molecular complexity index is 2790. The molecule has 3 N–H and O–H groups in total. The number of nitrogens with zero attached hydrogens (tertiary/aromatic N) is 6. The van der Waals surface area contributed by atoms with E-state index in [1.165, 1.54) is 100 Å². The summed E-state index contributed by atoms with van der Waals surface area (Å²) >= 11 is 0. The van der Waals surface area contributed by atoms with Crippen molar-refractivity contribution in [3.63, 3.8) is 0 Å². The number of Topliss-reactive ketones (excluding diaryl/α,β-unsaturated/α-hetero) is 5. The summed E-state index contributed by atoms with van der Waals surface area (Å²) in [4.78, 5) is 171. The first-order chi connectivity index (χ1) is 48.8. The maximum absolute atomic E-state index is 15.0. The number of rotatable bonds is 23. The van der Waals surface area contributed by atoms with Crippen molar-refractivity contribution in [3.05, 3.63) is 36.5 Å². The molecular weight excluding hydrogens is 1320 g/mol. The summed E-state index contributed by atoms with van der Waals surface area (Å²) in [6, 6.07) is -6.68. The average molecular weight is 1460 g/mol. The van der Waals surface area contributed by atoms with Gasteiger partial charge >= 0.3 is 0 Å². The highest BCUT2D eigenvalue weighted by Gasteiger charge is 2.43. The molecule has 0 radical (unpaired) electrons. The molecule has 0 bridgehead atoms. The average Bonchev–Trinajstić information content (AvgIpc) is 0.835. The van der Waals surface area contributed by atoms with Gasteiger partial charge in [0.25, 0.3) is 0 Å². The minimum absolute atomic E-state index is 0.0846. The third-order valence-electron chi connectivity index (χ3n) is 20.7. The van der Waals surface area contributed by atoms with E-state index in [1.54, 1.807) is 61.5 Å². The zero-order chi connectivity index (χ0) is 78.8. The highest BCUT2D eigenvalue weighted by molar-refractivity contribution is 5.99. The van der Waals surface area contributed by atoms with Crippen molar-refractivity contribution in [1.82, 2.24) is 40.0 Å². The van der Waals surface area contributed by atoms with Crippen molar-refractivity contribution in [3.8, 4) is 0 Å². The van der Waals surface area contributed by atoms with Gasteiger partial charge in [-0.05, 0) is 127 Å². The Morgan fingerprint density at radius 3 is 1.57 bits per heavy atom. The van der Waals surface area contributed by atoms with Crippen molar-refractivity contribution in [2.45, 2.75) is 269 Å². The number of aliphatic hydroxyl groups is 1. The van der Waals surface area contributed by atoms with Crippen LogP contribution in [0.1, 0.15) is 221 Å². The molecule has 0 aromatic heterocycles. The molecule has 3 saturated heterocycles. The SMILES string of the molecule is C/C=C/C[C@@H](C)[C@@H](O)[C@@H]1CC(=O)[C@H](C(C)C)N(C)C(=O)[C@H](CC(C)C)CC(=O)[C@H](CC(C)C)N(C)C(=O)[C@@H](C)NC(=O)[C@H](C)CC(=O)[C@H](CC(C)C)N(C)C(=O)[C@H](C(C)C)CC(=O)[C@H]([C@@H](C)OC/C=C/CN2CCOCC2)N(C)C(=O)CCC(=O)[C@H](CC)NC1=O.CC(C)C/C=C/CN1CCCCC1. The van der Waals surface area contributed by atoms with Crippen molar-refractivity contribution in [2.24, 2.45) is 65.1 Å². The number of carbonyl (C=O) groups excluding carboxylic acids is 11. The second-order valence-electron chi connectivity index (χ2n) is 32.5. The van der Waals surface area contributed by atoms with Gasteiger partial charge in [-0.15, -0.1) is 0 Å². The van der Waals surface area contributed by atoms with Crippen LogP contribution in [-0.2, 0) is 62.2 Å². The molecule has 3 fully saturated rings. The Labute approximate surface area is 627 Å². The summed E-state index contributed by atoms with van der Waals surface area (Å²) in [5, 5.41) is 17.5. The van der Waals surface area contributed by atoms with Gasteiger partial charge in [0.2, 0.25) is 35.4 Å². The molecular formula is C82H142N8O14. The van der Waals surface area contributed by atoms with Crippen molar-refractivity contribution in [2.75, 3.05) is 87.3 Å². The Hall–Kier alpha value is -5.81. The van der Waals surface area contributed by atoms with E-state index in [4.69, 9.17) is 9.47 Å². The summed E-state index contributed by atoms with van der Waals surface area (Å²) in [5.41, 5.74) is 0. The Morgan fingerprint density at radius 2 is 1.04 bits per heavy atom. The standard InChI is InChI=1S/C70H119N7O14.C12H23N/c1-21-23-26-47(13)65(84)53-41-60(81)63(46(11)12)76(20)69(88)51(35-42(3)4)39-59(80)56(37-44(7)8)73(17)68(87)49(15)71-66(85)48(14)38-58(79)55(36-43(5)6)74(18)70(89)52(45(9)10)40-61(82)64(50(16)91-32-25-24-29-77-30-33-90-34-31-77)75(19)62(83)28-27-57(78)54(22-2)72-67(53)86;1-12(2)8-4-7-11-13-9-5-3-6-10-13/h21,23-25,42-56,63-65,84H,22,26-41H2,1-20H3,(H,71,85)(H,72,86);4,7,12H,3,5-6,8-11H2,1-2H3/b23-21+,25-24+;7-4+/t47-,48-,49-,50-,51-,52+,53+,54+,55+,56+,63+,64+,65-;/m1./s1. The number of ether oxygens (including phenoxy) is 2. The fourth-order valence-electron chi connectivity index (χ4n) is 14.3. The van der Waals surface area contributed by atoms with E-state index in [9.17, 15) is 57.8 Å². The molecule has 22 nitrogen and oxygen atoms in total. The van der Waals surface area contributed by atoms with Crippen LogP contribution in [0.4, 0.5) is 0 Å². The molecule has 0 spiro atoms. The second kappa shape index (κ2) is 48.5. The molecule has 594 valence electrons. The van der Waals surface area contributed by atoms with Crippen molar-refractivity contribution >= 4 is 64.4 Å². The maximum atomic E-state index is 15.0. The largest absolute Gasteiger partial charge is 0.392 e. The zero-order valence-corrected chi connectivity index (χ0v) is 68.3. The number of likely N-dealkylation sites (N-methyl/N-ethyl adjacent to an activating group) is 4. The lowest BCUT2D eigenvalue weighted by atomic mass is 9.82. The fraction of sp³-hybridized carbons (Fsp3) is 0.793. The van der Waals surface area contributed by atoms with Crippen LogP contribution in [0.5, 0.6) is 0 Å². The normalized spacial score (nSPS) is 26.7. The number of piperidine rings is 1. The number of allylic oxidation sites excluding steroid dienone is 3. The first-order valence-corrected chi connectivity index (χ1v) is 39.3. The van der Waals surface area contributed by atoms with Crippen LogP contribution < -0.4 is 10.6 Å². The molecule has 3 aliphatic rings. The van der Waals surface area contributed by atoms with E-state index < -0.39 is 161 Å². The third-order valence-corrected chi connectivity index (χ3v) is 20.7. The highest BCUT2D eigenvalue weighted by atomic mass is 16.5. The van der Waals surface area contributed by atoms with Crippen LogP contribution >= 0.6 is 0 Å². The van der Waals surface area contributed by atoms with Gasteiger partial charge in [-0.2, -0.15) is 0 Å². The van der Waals surface area contributed by atoms with Crippen LogP contribution in [0.2, 0.25) is 0 Å². The van der Waals surface area contributed by atoms with E-state index in [0.717, 1.165) is 19.0 Å². The lowest BCUT2D eigenvalue weighted by molar-refractivity contribution is -0.148. The van der Waals surface area contributed by atoms with E-state index in [1.807, 2.05) is 66.7 Å². The van der Waals surface area contributed by atoms with Gasteiger partial charge < -0.3 is 44.8 Å². The number of nitrogens with one attached hydrogen (secondary N) is 2. The highest BCUT2D eigenvalue weighted by Crippen LogP contribution is 2.30. The Balaban J connectivity index is 0.00000253. The van der Waals surface area contributed by atoms with Gasteiger partial charge in [0, 0.05) is 111 Å². The minimum atomic E-state index is -1.39. The van der Waals surface area contributed by atoms with Crippen molar-refractivity contribution < 1.29 is 67.3 Å². The van der Waals surface area contributed by atoms with E-state index >= 15 is 0 Å². The first kappa shape index (κ1) is 94.3. The number of amides is 6. The van der Waals surface area contributed by atoms with Gasteiger partial charge in [-0.3, -0.25) is 62.5 Å². The topological polar surface area (TPSA) is 270 Å². The number of morpholine rings is 1. The van der Waals surface area contributed by atoms with Gasteiger partial charge in [-0.1, -0.05) is 147 Å². The Kier molecular flexibility index (Phi) is 43.9. The van der Waals surface area contributed by atoms with Crippen LogP contribution in [0.25, 0.3) is 0 Å². The quantitative estimate of drug-likeness (QED) is 0.0803. The van der Waals surface area contributed by atoms with Gasteiger partial charge in [0.1, 0.15) is 12.1 Å². The smallest absolute Gasteiger partial charge is 0.245 e. The Morgan fingerprint density at radius 1 is 0.510 bits per heavy atom. The van der Waals surface area contributed by atoms with Crippen LogP contribution in [0, 0.1) is 65.1 Å². The molecule has 0 aliphatic carbocycles. The second-order valence-corrected chi connectivity index (χ2v) is 32.5. The molecule has 6 amide bonds. The van der Waals surface area contributed by atoms with Gasteiger partial charge in [0.15, 0.2) is 28.9 Å². The molecule has 3 heterocycles. The molecule has 13 atom stereocenters. The van der Waals surface area contributed by atoms with Gasteiger partial charge in [-0.25, -0.2) is 0 Å². The molecule has 0 saturated carbocycles. The van der Waals surface area contributed by atoms with Crippen molar-refractivity contribution in [1.29, 1.82) is 0 Å². The number of ketones is 5. The lowest BCUT2D eigenvalue weighted by Crippen LogP contribution is -2.53. The lowest BCUT2D eigenvalue weighted by Gasteiger charge is -2.36. The summed E-state index contributed by atoms with van der Waals surface area (Å²) in [7, 11) is 5.93.